The minimum absolute atomic E-state index is 0.176. The summed E-state index contributed by atoms with van der Waals surface area (Å²) in [4.78, 5) is 11.4. The first-order valence-corrected chi connectivity index (χ1v) is 5.10. The summed E-state index contributed by atoms with van der Waals surface area (Å²) >= 11 is 0. The molecule has 0 aromatic heterocycles. The number of carbonyl (C=O) groups excluding carboxylic acids is 1. The van der Waals surface area contributed by atoms with Crippen LogP contribution in [-0.4, -0.2) is 5.78 Å². The van der Waals surface area contributed by atoms with Crippen LogP contribution in [0, 0.1) is 6.92 Å². The van der Waals surface area contributed by atoms with Crippen LogP contribution in [0.3, 0.4) is 0 Å². The lowest BCUT2D eigenvalue weighted by Gasteiger charge is -2.06. The predicted molar refractivity (Wildman–Crippen MR) is 60.3 cm³/mol. The lowest BCUT2D eigenvalue weighted by atomic mass is 10.0. The Hall–Kier alpha value is -0.720. The Bertz CT molecular complexity index is 334. The molecule has 3 heteroatoms. The third kappa shape index (κ3) is 2.63. The zero-order valence-corrected chi connectivity index (χ0v) is 9.69. The third-order valence-corrected chi connectivity index (χ3v) is 2.40. The van der Waals surface area contributed by atoms with Gasteiger partial charge in [-0.2, -0.15) is 0 Å². The van der Waals surface area contributed by atoms with Crippen molar-refractivity contribution in [3.05, 3.63) is 34.9 Å². The van der Waals surface area contributed by atoms with E-state index in [0.717, 1.165) is 16.7 Å². The van der Waals surface area contributed by atoms with Crippen molar-refractivity contribution >= 4 is 15.2 Å². The van der Waals surface area contributed by atoms with Gasteiger partial charge in [-0.05, 0) is 24.1 Å². The van der Waals surface area contributed by atoms with E-state index >= 15 is 0 Å². The number of hydrogen-bond acceptors (Lipinski definition) is 2. The molecular formula is C11H15O2P. The van der Waals surface area contributed by atoms with E-state index in [-0.39, 0.29) is 5.78 Å². The molecule has 0 aliphatic carbocycles. The maximum Gasteiger partial charge on any atom is 0.162 e. The fraction of sp³-hybridized carbons (Fsp3) is 0.364. The van der Waals surface area contributed by atoms with Crippen molar-refractivity contribution in [1.82, 2.24) is 0 Å². The second-order valence-corrected chi connectivity index (χ2v) is 3.56. The molecule has 76 valence electrons. The van der Waals surface area contributed by atoms with Crippen molar-refractivity contribution in [3.8, 4) is 0 Å². The van der Waals surface area contributed by atoms with Crippen LogP contribution in [0.25, 0.3) is 0 Å². The van der Waals surface area contributed by atoms with Gasteiger partial charge in [0.2, 0.25) is 0 Å². The highest BCUT2D eigenvalue weighted by Gasteiger charge is 2.05. The quantitative estimate of drug-likeness (QED) is 0.564. The summed E-state index contributed by atoms with van der Waals surface area (Å²) in [5, 5.41) is 0. The number of carbonyl (C=O) groups is 1. The van der Waals surface area contributed by atoms with Gasteiger partial charge in [0.25, 0.3) is 0 Å². The third-order valence-electron chi connectivity index (χ3n) is 2.23. The highest BCUT2D eigenvalue weighted by Crippen LogP contribution is 2.14. The smallest absolute Gasteiger partial charge is 0.162 e. The van der Waals surface area contributed by atoms with Gasteiger partial charge < -0.3 is 4.52 Å². The van der Waals surface area contributed by atoms with Gasteiger partial charge in [-0.15, -0.1) is 0 Å². The summed E-state index contributed by atoms with van der Waals surface area (Å²) < 4.78 is 4.98. The summed E-state index contributed by atoms with van der Waals surface area (Å²) in [5.41, 5.74) is 2.99. The minimum atomic E-state index is 0.176. The molecule has 0 amide bonds. The van der Waals surface area contributed by atoms with Gasteiger partial charge >= 0.3 is 0 Å². The Morgan fingerprint density at radius 3 is 2.79 bits per heavy atom. The van der Waals surface area contributed by atoms with E-state index in [0.29, 0.717) is 13.0 Å². The number of rotatable bonds is 4. The molecule has 0 spiro atoms. The monoisotopic (exact) mass is 210 g/mol. The van der Waals surface area contributed by atoms with Gasteiger partial charge in [0, 0.05) is 21.5 Å². The highest BCUT2D eigenvalue weighted by atomic mass is 31.0. The lowest BCUT2D eigenvalue weighted by molar-refractivity contribution is 0.0988. The fourth-order valence-electron chi connectivity index (χ4n) is 1.29. The number of Topliss-reactive ketones (excluding diaryl/α,β-unsaturated/α-hetero) is 1. The first kappa shape index (κ1) is 11.4. The van der Waals surface area contributed by atoms with E-state index in [1.54, 1.807) is 0 Å². The zero-order valence-electron chi connectivity index (χ0n) is 8.54. The molecule has 0 heterocycles. The predicted octanol–water partition coefficient (Wildman–Crippen LogP) is 2.89. The Morgan fingerprint density at radius 2 is 2.21 bits per heavy atom. The maximum atomic E-state index is 11.4. The van der Waals surface area contributed by atoms with Gasteiger partial charge in [0.05, 0.1) is 6.61 Å². The Labute approximate surface area is 86.9 Å². The molecule has 0 aliphatic heterocycles. The van der Waals surface area contributed by atoms with Crippen LogP contribution in [0.4, 0.5) is 0 Å². The van der Waals surface area contributed by atoms with Crippen LogP contribution < -0.4 is 0 Å². The molecular weight excluding hydrogens is 195 g/mol. The molecule has 0 N–H and O–H groups in total. The molecule has 1 rings (SSSR count). The van der Waals surface area contributed by atoms with E-state index < -0.39 is 0 Å². The van der Waals surface area contributed by atoms with Crippen LogP contribution in [0.2, 0.25) is 0 Å². The first-order chi connectivity index (χ1) is 6.69. The fourth-order valence-corrected chi connectivity index (χ4v) is 1.47. The van der Waals surface area contributed by atoms with Crippen LogP contribution in [0.5, 0.6) is 0 Å². The minimum Gasteiger partial charge on any atom is -0.361 e. The van der Waals surface area contributed by atoms with Crippen molar-refractivity contribution in [2.75, 3.05) is 0 Å². The lowest BCUT2D eigenvalue weighted by Crippen LogP contribution is -1.99. The van der Waals surface area contributed by atoms with Gasteiger partial charge in [-0.25, -0.2) is 0 Å². The number of benzene rings is 1. The van der Waals surface area contributed by atoms with Gasteiger partial charge in [0.15, 0.2) is 5.78 Å². The Kier molecular flexibility index (Phi) is 4.24. The first-order valence-electron chi connectivity index (χ1n) is 4.63. The van der Waals surface area contributed by atoms with E-state index in [2.05, 4.69) is 9.47 Å². The molecule has 1 aromatic rings. The van der Waals surface area contributed by atoms with Crippen molar-refractivity contribution < 1.29 is 9.32 Å². The highest BCUT2D eigenvalue weighted by molar-refractivity contribution is 7.09. The van der Waals surface area contributed by atoms with Crippen molar-refractivity contribution in [2.24, 2.45) is 0 Å². The summed E-state index contributed by atoms with van der Waals surface area (Å²) in [6.45, 7) is 4.41. The molecule has 0 fully saturated rings. The summed E-state index contributed by atoms with van der Waals surface area (Å²) in [7, 11) is 2.22. The molecule has 1 unspecified atom stereocenters. The van der Waals surface area contributed by atoms with Crippen molar-refractivity contribution in [2.45, 2.75) is 26.9 Å². The second-order valence-electron chi connectivity index (χ2n) is 3.23. The average molecular weight is 210 g/mol. The van der Waals surface area contributed by atoms with Gasteiger partial charge in [-0.3, -0.25) is 4.79 Å². The molecule has 0 bridgehead atoms. The average Bonchev–Trinajstić information content (AvgIpc) is 2.20. The van der Waals surface area contributed by atoms with Crippen molar-refractivity contribution in [1.29, 1.82) is 0 Å². The van der Waals surface area contributed by atoms with E-state index in [1.165, 1.54) is 0 Å². The van der Waals surface area contributed by atoms with Gasteiger partial charge in [0.1, 0.15) is 0 Å². The summed E-state index contributed by atoms with van der Waals surface area (Å²) in [5.74, 6) is 0.176. The standard InChI is InChI=1S/C11H15O2P/c1-3-11(12)9-5-4-8(2)10(6-9)7-13-14/h4-6H,3,7,14H2,1-2H3. The molecule has 0 saturated carbocycles. The van der Waals surface area contributed by atoms with E-state index in [4.69, 9.17) is 4.52 Å². The molecule has 0 radical (unpaired) electrons. The molecule has 2 nitrogen and oxygen atoms in total. The molecule has 0 saturated heterocycles. The zero-order chi connectivity index (χ0) is 10.6. The maximum absolute atomic E-state index is 11.4. The van der Waals surface area contributed by atoms with Crippen LogP contribution in [-0.2, 0) is 11.1 Å². The molecule has 0 aliphatic rings. The summed E-state index contributed by atoms with van der Waals surface area (Å²) in [6.07, 6.45) is 0.546. The number of ketones is 1. The van der Waals surface area contributed by atoms with Crippen LogP contribution in [0.15, 0.2) is 18.2 Å². The Balaban J connectivity index is 2.99. The SMILES string of the molecule is CCC(=O)c1ccc(C)c(COP)c1. The number of aryl methyl sites for hydroxylation is 1. The largest absolute Gasteiger partial charge is 0.361 e. The van der Waals surface area contributed by atoms with Crippen LogP contribution in [0.1, 0.15) is 34.8 Å². The van der Waals surface area contributed by atoms with E-state index in [9.17, 15) is 4.79 Å². The molecule has 1 atom stereocenters. The Morgan fingerprint density at radius 1 is 1.50 bits per heavy atom. The number of hydrogen-bond donors (Lipinski definition) is 0. The molecule has 1 aromatic carbocycles. The summed E-state index contributed by atoms with van der Waals surface area (Å²) in [6, 6.07) is 5.74. The van der Waals surface area contributed by atoms with E-state index in [1.807, 2.05) is 32.0 Å². The van der Waals surface area contributed by atoms with Crippen LogP contribution >= 0.6 is 9.47 Å². The topological polar surface area (TPSA) is 26.3 Å². The van der Waals surface area contributed by atoms with Crippen molar-refractivity contribution in [3.63, 3.8) is 0 Å². The normalized spacial score (nSPS) is 10.2. The molecule has 14 heavy (non-hydrogen) atoms. The van der Waals surface area contributed by atoms with Gasteiger partial charge in [-0.1, -0.05) is 19.1 Å². The second kappa shape index (κ2) is 5.23.